The van der Waals surface area contributed by atoms with E-state index in [2.05, 4.69) is 10.3 Å². The van der Waals surface area contributed by atoms with Crippen molar-refractivity contribution in [3.8, 4) is 11.3 Å². The molecule has 36 heavy (non-hydrogen) atoms. The zero-order valence-electron chi connectivity index (χ0n) is 20.4. The minimum atomic E-state index is -0.815. The summed E-state index contributed by atoms with van der Waals surface area (Å²) in [6.45, 7) is 5.95. The van der Waals surface area contributed by atoms with Gasteiger partial charge in [0.05, 0.1) is 18.7 Å². The van der Waals surface area contributed by atoms with Crippen LogP contribution in [0.25, 0.3) is 22.2 Å². The lowest BCUT2D eigenvalue weighted by molar-refractivity contribution is -0.145. The van der Waals surface area contributed by atoms with Crippen LogP contribution >= 0.6 is 0 Å². The van der Waals surface area contributed by atoms with Crippen molar-refractivity contribution in [3.05, 3.63) is 59.9 Å². The van der Waals surface area contributed by atoms with Crippen molar-refractivity contribution in [3.63, 3.8) is 0 Å². The molecule has 192 valence electrons. The highest BCUT2D eigenvalue weighted by atomic mass is 19.1. The summed E-state index contributed by atoms with van der Waals surface area (Å²) in [6, 6.07) is 9.50. The molecule has 2 aliphatic rings. The molecule has 6 nitrogen and oxygen atoms in total. The van der Waals surface area contributed by atoms with E-state index < -0.39 is 17.2 Å². The molecule has 2 amide bonds. The van der Waals surface area contributed by atoms with Crippen molar-refractivity contribution >= 4 is 22.7 Å². The molecule has 1 saturated carbocycles. The molecule has 1 saturated heterocycles. The van der Waals surface area contributed by atoms with Gasteiger partial charge in [-0.05, 0) is 68.7 Å². The van der Waals surface area contributed by atoms with Crippen LogP contribution < -0.4 is 5.32 Å². The van der Waals surface area contributed by atoms with Crippen molar-refractivity contribution < 1.29 is 27.5 Å². The number of ether oxygens (including phenoxy) is 1. The Balaban J connectivity index is 0.000000169. The van der Waals surface area contributed by atoms with E-state index >= 15 is 0 Å². The molecule has 5 rings (SSSR count). The summed E-state index contributed by atoms with van der Waals surface area (Å²) in [5.74, 6) is -1.48. The Kier molecular flexibility index (Phi) is 7.68. The number of nitrogens with one attached hydrogen (secondary N) is 2. The lowest BCUT2D eigenvalue weighted by Gasteiger charge is -2.36. The number of nitrogens with zero attached hydrogens (tertiary/aromatic N) is 1. The molecule has 1 aromatic heterocycles. The molecular weight excluding hydrogens is 471 g/mol. The fraction of sp³-hybridized carbons (Fsp3) is 0.407. The average molecular weight is 502 g/mol. The van der Waals surface area contributed by atoms with Crippen LogP contribution in [-0.4, -0.2) is 53.5 Å². The van der Waals surface area contributed by atoms with Crippen molar-refractivity contribution in [2.45, 2.75) is 38.6 Å². The van der Waals surface area contributed by atoms with Gasteiger partial charge in [-0.15, -0.1) is 0 Å². The Morgan fingerprint density at radius 2 is 1.67 bits per heavy atom. The summed E-state index contributed by atoms with van der Waals surface area (Å²) >= 11 is 0. The number of benzene rings is 2. The van der Waals surface area contributed by atoms with Crippen molar-refractivity contribution in [1.82, 2.24) is 15.2 Å². The standard InChI is InChI=1S/C14H8F3N.C13H22N2O3/c15-10-3-1-8(2-4-10)13-6-9-5-11(16)7-12(17)14(9)18-13;1-13(2,14-11(16)10-4-3-5-10)12(17)15-6-8-18-9-7-15/h1-7,18H;10H,3-9H2,1-2H3,(H,14,16). The first kappa shape index (κ1) is 25.8. The van der Waals surface area contributed by atoms with Gasteiger partial charge in [-0.3, -0.25) is 9.59 Å². The summed E-state index contributed by atoms with van der Waals surface area (Å²) in [5.41, 5.74) is 0.766. The van der Waals surface area contributed by atoms with Gasteiger partial charge in [-0.25, -0.2) is 13.2 Å². The molecule has 2 heterocycles. The van der Waals surface area contributed by atoms with Crippen LogP contribution in [-0.2, 0) is 14.3 Å². The molecule has 0 bridgehead atoms. The van der Waals surface area contributed by atoms with Crippen LogP contribution in [0.2, 0.25) is 0 Å². The number of hydrogen-bond acceptors (Lipinski definition) is 3. The lowest BCUT2D eigenvalue weighted by atomic mass is 9.84. The first-order valence-electron chi connectivity index (χ1n) is 12.1. The van der Waals surface area contributed by atoms with Gasteiger partial charge in [0.25, 0.3) is 0 Å². The molecule has 1 aliphatic carbocycles. The van der Waals surface area contributed by atoms with Crippen molar-refractivity contribution in [2.24, 2.45) is 5.92 Å². The quantitative estimate of drug-likeness (QED) is 0.540. The number of aromatic nitrogens is 1. The van der Waals surface area contributed by atoms with E-state index in [9.17, 15) is 22.8 Å². The molecule has 2 aromatic carbocycles. The van der Waals surface area contributed by atoms with E-state index in [-0.39, 0.29) is 29.1 Å². The SMILES string of the molecule is CC(C)(NC(=O)C1CCC1)C(=O)N1CCOCC1.Fc1ccc(-c2cc3cc(F)cc(F)c3[nH]2)cc1. The van der Waals surface area contributed by atoms with Crippen molar-refractivity contribution in [2.75, 3.05) is 26.3 Å². The number of carbonyl (C=O) groups is 2. The summed E-state index contributed by atoms with van der Waals surface area (Å²) in [5, 5.41) is 3.34. The van der Waals surface area contributed by atoms with Gasteiger partial charge in [0.1, 0.15) is 23.0 Å². The fourth-order valence-electron chi connectivity index (χ4n) is 4.25. The molecule has 0 radical (unpaired) electrons. The van der Waals surface area contributed by atoms with Gasteiger partial charge in [-0.2, -0.15) is 0 Å². The predicted molar refractivity (Wildman–Crippen MR) is 131 cm³/mol. The summed E-state index contributed by atoms with van der Waals surface area (Å²) in [6.07, 6.45) is 3.03. The molecule has 9 heteroatoms. The van der Waals surface area contributed by atoms with Crippen LogP contribution in [0.15, 0.2) is 42.5 Å². The Labute approximate surface area is 207 Å². The number of hydrogen-bond donors (Lipinski definition) is 2. The summed E-state index contributed by atoms with van der Waals surface area (Å²) < 4.78 is 44.6. The average Bonchev–Trinajstić information content (AvgIpc) is 3.23. The largest absolute Gasteiger partial charge is 0.378 e. The number of halogens is 3. The van der Waals surface area contributed by atoms with E-state index in [0.717, 1.165) is 25.3 Å². The zero-order chi connectivity index (χ0) is 25.9. The van der Waals surface area contributed by atoms with Gasteiger partial charge >= 0.3 is 0 Å². The zero-order valence-corrected chi connectivity index (χ0v) is 20.4. The van der Waals surface area contributed by atoms with E-state index in [1.165, 1.54) is 18.2 Å². The van der Waals surface area contributed by atoms with Gasteiger partial charge in [0, 0.05) is 36.2 Å². The normalized spacial score (nSPS) is 16.2. The number of aromatic amines is 1. The molecular formula is C27H30F3N3O3. The summed E-state index contributed by atoms with van der Waals surface area (Å²) in [7, 11) is 0. The van der Waals surface area contributed by atoms with Crippen LogP contribution in [0.4, 0.5) is 13.2 Å². The molecule has 0 spiro atoms. The van der Waals surface area contributed by atoms with Gasteiger partial charge < -0.3 is 19.9 Å². The van der Waals surface area contributed by atoms with Crippen molar-refractivity contribution in [1.29, 1.82) is 0 Å². The maximum Gasteiger partial charge on any atom is 0.247 e. The monoisotopic (exact) mass is 501 g/mol. The van der Waals surface area contributed by atoms with E-state index in [4.69, 9.17) is 4.74 Å². The molecule has 0 unspecified atom stereocenters. The van der Waals surface area contributed by atoms with E-state index in [0.29, 0.717) is 42.9 Å². The van der Waals surface area contributed by atoms with Gasteiger partial charge in [-0.1, -0.05) is 6.42 Å². The van der Waals surface area contributed by atoms with Crippen LogP contribution in [0.3, 0.4) is 0 Å². The number of carbonyl (C=O) groups excluding carboxylic acids is 2. The number of fused-ring (bicyclic) bond motifs is 1. The first-order valence-corrected chi connectivity index (χ1v) is 12.1. The van der Waals surface area contributed by atoms with Crippen LogP contribution in [0, 0.1) is 23.4 Å². The maximum absolute atomic E-state index is 13.5. The Bertz CT molecular complexity index is 1230. The third-order valence-electron chi connectivity index (χ3n) is 6.54. The Morgan fingerprint density at radius 1 is 1.00 bits per heavy atom. The Morgan fingerprint density at radius 3 is 2.28 bits per heavy atom. The molecule has 2 fully saturated rings. The molecule has 3 aromatic rings. The van der Waals surface area contributed by atoms with Crippen LogP contribution in [0.5, 0.6) is 0 Å². The third kappa shape index (κ3) is 5.90. The topological polar surface area (TPSA) is 74.4 Å². The number of H-pyrrole nitrogens is 1. The lowest BCUT2D eigenvalue weighted by Crippen LogP contribution is -2.59. The van der Waals surface area contributed by atoms with Gasteiger partial charge in [0.15, 0.2) is 0 Å². The highest BCUT2D eigenvalue weighted by Gasteiger charge is 2.37. The highest BCUT2D eigenvalue weighted by Crippen LogP contribution is 2.28. The van der Waals surface area contributed by atoms with Crippen LogP contribution in [0.1, 0.15) is 33.1 Å². The second kappa shape index (κ2) is 10.7. The van der Waals surface area contributed by atoms with Gasteiger partial charge in [0.2, 0.25) is 11.8 Å². The second-order valence-electron chi connectivity index (χ2n) is 9.69. The first-order chi connectivity index (χ1) is 17.1. The fourth-order valence-corrected chi connectivity index (χ4v) is 4.25. The molecule has 0 atom stereocenters. The maximum atomic E-state index is 13.5. The minimum absolute atomic E-state index is 0.0153. The minimum Gasteiger partial charge on any atom is -0.378 e. The summed E-state index contributed by atoms with van der Waals surface area (Å²) in [4.78, 5) is 28.9. The predicted octanol–water partition coefficient (Wildman–Crippen LogP) is 4.79. The number of morpholine rings is 1. The van der Waals surface area contributed by atoms with E-state index in [1.54, 1.807) is 36.9 Å². The Hall–Kier alpha value is -3.33. The number of amides is 2. The number of rotatable bonds is 4. The molecule has 1 aliphatic heterocycles. The third-order valence-corrected chi connectivity index (χ3v) is 6.54. The highest BCUT2D eigenvalue weighted by molar-refractivity contribution is 5.91. The smallest absolute Gasteiger partial charge is 0.247 e. The second-order valence-corrected chi connectivity index (χ2v) is 9.69. The molecule has 2 N–H and O–H groups in total. The van der Waals surface area contributed by atoms with E-state index in [1.807, 2.05) is 0 Å².